The number of aromatic amines is 1. The quantitative estimate of drug-likeness (QED) is 0.741. The minimum Gasteiger partial charge on any atom is -0.285 e. The van der Waals surface area contributed by atoms with Gasteiger partial charge in [0.1, 0.15) is 0 Å². The van der Waals surface area contributed by atoms with E-state index in [9.17, 15) is 0 Å². The average molecular weight is 178 g/mol. The van der Waals surface area contributed by atoms with E-state index in [1.54, 1.807) is 0 Å². The second kappa shape index (κ2) is 3.52. The minimum atomic E-state index is 0.544. The van der Waals surface area contributed by atoms with Crippen molar-refractivity contribution in [2.75, 3.05) is 0 Å². The summed E-state index contributed by atoms with van der Waals surface area (Å²) in [5.41, 5.74) is 1.91. The molecule has 13 heavy (non-hydrogen) atoms. The van der Waals surface area contributed by atoms with E-state index in [2.05, 4.69) is 17.1 Å². The molecular formula is C11H18N2. The number of hydrogen-bond acceptors (Lipinski definition) is 1. The fraction of sp³-hybridized carbons (Fsp3) is 0.727. The molecule has 1 saturated carbocycles. The Labute approximate surface area is 79.7 Å². The fourth-order valence-electron chi connectivity index (χ4n) is 2.45. The highest BCUT2D eigenvalue weighted by molar-refractivity contribution is 5.06. The van der Waals surface area contributed by atoms with Crippen LogP contribution in [0.3, 0.4) is 0 Å². The van der Waals surface area contributed by atoms with Crippen LogP contribution in [0.2, 0.25) is 0 Å². The Morgan fingerprint density at radius 3 is 2.77 bits per heavy atom. The highest BCUT2D eigenvalue weighted by atomic mass is 15.1. The van der Waals surface area contributed by atoms with Crippen LogP contribution in [0.25, 0.3) is 0 Å². The first-order valence-corrected chi connectivity index (χ1v) is 5.26. The largest absolute Gasteiger partial charge is 0.285 e. The van der Waals surface area contributed by atoms with Gasteiger partial charge in [-0.25, -0.2) is 0 Å². The molecule has 0 spiro atoms. The molecule has 0 aliphatic heterocycles. The molecule has 1 heterocycles. The third-order valence-electron chi connectivity index (χ3n) is 3.25. The summed E-state index contributed by atoms with van der Waals surface area (Å²) < 4.78 is 0. The van der Waals surface area contributed by atoms with Crippen molar-refractivity contribution in [2.24, 2.45) is 5.41 Å². The lowest BCUT2D eigenvalue weighted by Gasteiger charge is -2.33. The van der Waals surface area contributed by atoms with E-state index in [0.717, 1.165) is 0 Å². The molecule has 1 aromatic rings. The van der Waals surface area contributed by atoms with Gasteiger partial charge in [-0.2, -0.15) is 5.10 Å². The van der Waals surface area contributed by atoms with E-state index in [4.69, 9.17) is 0 Å². The summed E-state index contributed by atoms with van der Waals surface area (Å²) in [4.78, 5) is 0. The SMILES string of the molecule is CC1(Cc2cn[nH]c2)CCCCC1. The lowest BCUT2D eigenvalue weighted by molar-refractivity contribution is 0.215. The second-order valence-corrected chi connectivity index (χ2v) is 4.65. The minimum absolute atomic E-state index is 0.544. The molecule has 0 atom stereocenters. The van der Waals surface area contributed by atoms with Gasteiger partial charge in [-0.3, -0.25) is 5.10 Å². The van der Waals surface area contributed by atoms with E-state index in [-0.39, 0.29) is 0 Å². The lowest BCUT2D eigenvalue weighted by atomic mass is 9.72. The van der Waals surface area contributed by atoms with Gasteiger partial charge in [0, 0.05) is 6.20 Å². The summed E-state index contributed by atoms with van der Waals surface area (Å²) in [6.45, 7) is 2.42. The Kier molecular flexibility index (Phi) is 2.38. The average Bonchev–Trinajstić information content (AvgIpc) is 2.57. The molecule has 72 valence electrons. The molecule has 1 fully saturated rings. The fourth-order valence-corrected chi connectivity index (χ4v) is 2.45. The van der Waals surface area contributed by atoms with Crippen molar-refractivity contribution in [2.45, 2.75) is 45.4 Å². The zero-order valence-corrected chi connectivity index (χ0v) is 8.34. The van der Waals surface area contributed by atoms with Crippen LogP contribution in [0.5, 0.6) is 0 Å². The van der Waals surface area contributed by atoms with Gasteiger partial charge in [0.05, 0.1) is 6.20 Å². The van der Waals surface area contributed by atoms with Crippen molar-refractivity contribution in [3.8, 4) is 0 Å². The maximum atomic E-state index is 3.99. The third kappa shape index (κ3) is 2.11. The van der Waals surface area contributed by atoms with Crippen molar-refractivity contribution in [1.29, 1.82) is 0 Å². The van der Waals surface area contributed by atoms with Crippen molar-refractivity contribution in [3.05, 3.63) is 18.0 Å². The normalized spacial score (nSPS) is 21.6. The van der Waals surface area contributed by atoms with Crippen molar-refractivity contribution in [1.82, 2.24) is 10.2 Å². The number of H-pyrrole nitrogens is 1. The molecule has 1 aliphatic carbocycles. The molecule has 2 heteroatoms. The predicted molar refractivity (Wildman–Crippen MR) is 53.5 cm³/mol. The van der Waals surface area contributed by atoms with E-state index < -0.39 is 0 Å². The van der Waals surface area contributed by atoms with Gasteiger partial charge >= 0.3 is 0 Å². The molecule has 2 rings (SSSR count). The van der Waals surface area contributed by atoms with Crippen LogP contribution in [-0.2, 0) is 6.42 Å². The molecule has 0 saturated heterocycles. The molecule has 2 nitrogen and oxygen atoms in total. The zero-order chi connectivity index (χ0) is 9.15. The van der Waals surface area contributed by atoms with E-state index in [1.165, 1.54) is 44.1 Å². The number of hydrogen-bond donors (Lipinski definition) is 1. The summed E-state index contributed by atoms with van der Waals surface area (Å²) in [5.74, 6) is 0. The summed E-state index contributed by atoms with van der Waals surface area (Å²) >= 11 is 0. The van der Waals surface area contributed by atoms with Crippen molar-refractivity contribution < 1.29 is 0 Å². The first-order chi connectivity index (χ1) is 6.29. The van der Waals surface area contributed by atoms with Crippen LogP contribution in [0.15, 0.2) is 12.4 Å². The molecular weight excluding hydrogens is 160 g/mol. The molecule has 0 unspecified atom stereocenters. The number of rotatable bonds is 2. The summed E-state index contributed by atoms with van der Waals surface area (Å²) in [6, 6.07) is 0. The Hall–Kier alpha value is -0.790. The predicted octanol–water partition coefficient (Wildman–Crippen LogP) is 2.92. The van der Waals surface area contributed by atoms with Crippen molar-refractivity contribution >= 4 is 0 Å². The number of aromatic nitrogens is 2. The van der Waals surface area contributed by atoms with Gasteiger partial charge in [0.15, 0.2) is 0 Å². The van der Waals surface area contributed by atoms with Crippen LogP contribution in [0, 0.1) is 5.41 Å². The molecule has 0 bridgehead atoms. The maximum absolute atomic E-state index is 3.99. The number of nitrogens with one attached hydrogen (secondary N) is 1. The highest BCUT2D eigenvalue weighted by Crippen LogP contribution is 2.38. The van der Waals surface area contributed by atoms with E-state index in [0.29, 0.717) is 5.41 Å². The monoisotopic (exact) mass is 178 g/mol. The Morgan fingerprint density at radius 2 is 2.15 bits per heavy atom. The molecule has 1 aliphatic rings. The van der Waals surface area contributed by atoms with Crippen LogP contribution in [-0.4, -0.2) is 10.2 Å². The second-order valence-electron chi connectivity index (χ2n) is 4.65. The Bertz CT molecular complexity index is 245. The number of nitrogens with zero attached hydrogens (tertiary/aromatic N) is 1. The topological polar surface area (TPSA) is 28.7 Å². The van der Waals surface area contributed by atoms with Crippen LogP contribution in [0.1, 0.15) is 44.6 Å². The van der Waals surface area contributed by atoms with Crippen LogP contribution < -0.4 is 0 Å². The lowest BCUT2D eigenvalue weighted by Crippen LogP contribution is -2.22. The molecule has 0 aromatic carbocycles. The molecule has 0 amide bonds. The van der Waals surface area contributed by atoms with Crippen LogP contribution >= 0.6 is 0 Å². The van der Waals surface area contributed by atoms with E-state index >= 15 is 0 Å². The van der Waals surface area contributed by atoms with Gasteiger partial charge in [-0.15, -0.1) is 0 Å². The first kappa shape index (κ1) is 8.79. The van der Waals surface area contributed by atoms with Crippen molar-refractivity contribution in [3.63, 3.8) is 0 Å². The van der Waals surface area contributed by atoms with Gasteiger partial charge in [0.25, 0.3) is 0 Å². The summed E-state index contributed by atoms with van der Waals surface area (Å²) in [6.07, 6.45) is 12.2. The van der Waals surface area contributed by atoms with Gasteiger partial charge in [-0.1, -0.05) is 26.2 Å². The smallest absolute Gasteiger partial charge is 0.0519 e. The zero-order valence-electron chi connectivity index (χ0n) is 8.34. The molecule has 1 aromatic heterocycles. The third-order valence-corrected chi connectivity index (χ3v) is 3.25. The first-order valence-electron chi connectivity index (χ1n) is 5.26. The Balaban J connectivity index is 1.99. The molecule has 0 radical (unpaired) electrons. The Morgan fingerprint density at radius 1 is 1.38 bits per heavy atom. The van der Waals surface area contributed by atoms with Gasteiger partial charge in [0.2, 0.25) is 0 Å². The molecule has 1 N–H and O–H groups in total. The highest BCUT2D eigenvalue weighted by Gasteiger charge is 2.26. The summed E-state index contributed by atoms with van der Waals surface area (Å²) in [7, 11) is 0. The maximum Gasteiger partial charge on any atom is 0.0519 e. The van der Waals surface area contributed by atoms with Crippen LogP contribution in [0.4, 0.5) is 0 Å². The summed E-state index contributed by atoms with van der Waals surface area (Å²) in [5, 5.41) is 6.88. The van der Waals surface area contributed by atoms with E-state index in [1.807, 2.05) is 12.4 Å². The van der Waals surface area contributed by atoms with Gasteiger partial charge < -0.3 is 0 Å². The van der Waals surface area contributed by atoms with Gasteiger partial charge in [-0.05, 0) is 30.2 Å². The standard InChI is InChI=1S/C11H18N2/c1-11(5-3-2-4-6-11)7-10-8-12-13-9-10/h8-9H,2-7H2,1H3,(H,12,13).